The van der Waals surface area contributed by atoms with Gasteiger partial charge in [0.2, 0.25) is 0 Å². The van der Waals surface area contributed by atoms with Crippen molar-refractivity contribution in [2.24, 2.45) is 10.2 Å². The van der Waals surface area contributed by atoms with Crippen LogP contribution in [0.15, 0.2) is 58.8 Å². The van der Waals surface area contributed by atoms with Crippen molar-refractivity contribution in [1.82, 2.24) is 0 Å². The number of hydrogen-bond acceptors (Lipinski definition) is 3. The van der Waals surface area contributed by atoms with Crippen LogP contribution in [0.4, 0.5) is 0 Å². The lowest BCUT2D eigenvalue weighted by atomic mass is 9.93. The largest absolute Gasteiger partial charge is 0.478 e. The molecule has 1 amide bonds. The first kappa shape index (κ1) is 12.2. The normalized spacial score (nSPS) is 16.8. The zero-order valence-electron chi connectivity index (χ0n) is 10.4. The Kier molecular flexibility index (Phi) is 2.87. The quantitative estimate of drug-likeness (QED) is 0.907. The fourth-order valence-corrected chi connectivity index (χ4v) is 2.21. The monoisotopic (exact) mass is 266 g/mol. The molecule has 0 saturated carbocycles. The van der Waals surface area contributed by atoms with Crippen molar-refractivity contribution in [2.75, 3.05) is 0 Å². The highest BCUT2D eigenvalue weighted by atomic mass is 16.4. The zero-order valence-corrected chi connectivity index (χ0v) is 10.4. The Bertz CT molecular complexity index is 720. The number of hydrogen-bond donors (Lipinski definition) is 1. The molecule has 5 heteroatoms. The molecule has 0 aliphatic carbocycles. The summed E-state index contributed by atoms with van der Waals surface area (Å²) in [5.74, 6) is -1.32. The van der Waals surface area contributed by atoms with Crippen LogP contribution in [0.2, 0.25) is 0 Å². The molecule has 0 spiro atoms. The zero-order chi connectivity index (χ0) is 14.1. The molecule has 1 aliphatic heterocycles. The van der Waals surface area contributed by atoms with E-state index in [1.165, 1.54) is 12.1 Å². The maximum Gasteiger partial charge on any atom is 0.335 e. The smallest absolute Gasteiger partial charge is 0.335 e. The minimum absolute atomic E-state index is 0.214. The molecule has 5 nitrogen and oxygen atoms in total. The average Bonchev–Trinajstić information content (AvgIpc) is 2.48. The van der Waals surface area contributed by atoms with Crippen LogP contribution in [0.25, 0.3) is 0 Å². The van der Waals surface area contributed by atoms with E-state index in [2.05, 4.69) is 10.2 Å². The standard InChI is InChI=1S/C15H10N2O3/c18-14-12-4-2-1-3-11(12)13(16-17-14)9-5-7-10(8-6-9)15(19)20/h1-8,13H,(H,19,20). The third-order valence-electron chi connectivity index (χ3n) is 3.22. The molecule has 3 rings (SSSR count). The molecule has 20 heavy (non-hydrogen) atoms. The minimum atomic E-state index is -0.975. The van der Waals surface area contributed by atoms with Crippen LogP contribution in [0.1, 0.15) is 37.9 Å². The van der Waals surface area contributed by atoms with Gasteiger partial charge in [0, 0.05) is 5.56 Å². The number of nitrogens with zero attached hydrogens (tertiary/aromatic N) is 2. The van der Waals surface area contributed by atoms with Gasteiger partial charge in [0.05, 0.1) is 5.56 Å². The van der Waals surface area contributed by atoms with Gasteiger partial charge in [0.1, 0.15) is 6.04 Å². The first-order chi connectivity index (χ1) is 9.66. The van der Waals surface area contributed by atoms with Crippen molar-refractivity contribution in [1.29, 1.82) is 0 Å². The summed E-state index contributed by atoms with van der Waals surface area (Å²) in [6.07, 6.45) is 0. The van der Waals surface area contributed by atoms with Gasteiger partial charge in [-0.3, -0.25) is 4.79 Å². The Balaban J connectivity index is 2.04. The summed E-state index contributed by atoms with van der Waals surface area (Å²) in [5, 5.41) is 16.6. The predicted molar refractivity (Wildman–Crippen MR) is 70.9 cm³/mol. The van der Waals surface area contributed by atoms with E-state index in [4.69, 9.17) is 5.11 Å². The summed E-state index contributed by atoms with van der Waals surface area (Å²) >= 11 is 0. The molecule has 1 N–H and O–H groups in total. The number of carbonyl (C=O) groups is 2. The van der Waals surface area contributed by atoms with E-state index in [9.17, 15) is 9.59 Å². The van der Waals surface area contributed by atoms with Gasteiger partial charge in [-0.2, -0.15) is 5.11 Å². The van der Waals surface area contributed by atoms with Crippen LogP contribution in [0, 0.1) is 0 Å². The highest BCUT2D eigenvalue weighted by Crippen LogP contribution is 2.32. The number of aromatic carboxylic acids is 1. The van der Waals surface area contributed by atoms with Crippen molar-refractivity contribution in [3.05, 3.63) is 70.8 Å². The third kappa shape index (κ3) is 1.99. The summed E-state index contributed by atoms with van der Waals surface area (Å²) in [4.78, 5) is 22.5. The number of rotatable bonds is 2. The minimum Gasteiger partial charge on any atom is -0.478 e. The Hall–Kier alpha value is -2.82. The molecule has 1 aliphatic rings. The van der Waals surface area contributed by atoms with Crippen molar-refractivity contribution >= 4 is 11.9 Å². The second-order valence-corrected chi connectivity index (χ2v) is 4.44. The molecule has 0 saturated heterocycles. The predicted octanol–water partition coefficient (Wildman–Crippen LogP) is 3.08. The maximum absolute atomic E-state index is 11.7. The summed E-state index contributed by atoms with van der Waals surface area (Å²) in [6.45, 7) is 0. The van der Waals surface area contributed by atoms with Crippen molar-refractivity contribution in [2.45, 2.75) is 6.04 Å². The average molecular weight is 266 g/mol. The van der Waals surface area contributed by atoms with Crippen molar-refractivity contribution in [3.63, 3.8) is 0 Å². The fourth-order valence-electron chi connectivity index (χ4n) is 2.21. The Morgan fingerprint density at radius 3 is 2.45 bits per heavy atom. The first-order valence-electron chi connectivity index (χ1n) is 6.04. The molecular weight excluding hydrogens is 256 g/mol. The van der Waals surface area contributed by atoms with Gasteiger partial charge in [0.15, 0.2) is 0 Å². The lowest BCUT2D eigenvalue weighted by Gasteiger charge is -2.18. The van der Waals surface area contributed by atoms with Gasteiger partial charge < -0.3 is 5.11 Å². The lowest BCUT2D eigenvalue weighted by Crippen LogP contribution is -2.11. The number of amides is 1. The third-order valence-corrected chi connectivity index (χ3v) is 3.22. The van der Waals surface area contributed by atoms with E-state index in [0.717, 1.165) is 11.1 Å². The van der Waals surface area contributed by atoms with E-state index in [0.29, 0.717) is 5.56 Å². The van der Waals surface area contributed by atoms with Gasteiger partial charge in [-0.05, 0) is 29.3 Å². The Morgan fingerprint density at radius 1 is 1.05 bits per heavy atom. The SMILES string of the molecule is O=C(O)c1ccc(C2N=NC(=O)c3ccccc32)cc1. The molecule has 0 fully saturated rings. The Morgan fingerprint density at radius 2 is 1.75 bits per heavy atom. The molecule has 1 atom stereocenters. The van der Waals surface area contributed by atoms with E-state index < -0.39 is 5.97 Å². The van der Waals surface area contributed by atoms with E-state index >= 15 is 0 Å². The molecule has 1 heterocycles. The van der Waals surface area contributed by atoms with Crippen molar-refractivity contribution in [3.8, 4) is 0 Å². The summed E-state index contributed by atoms with van der Waals surface area (Å²) < 4.78 is 0. The van der Waals surface area contributed by atoms with Crippen LogP contribution in [-0.4, -0.2) is 17.0 Å². The Labute approximate surface area is 114 Å². The van der Waals surface area contributed by atoms with Gasteiger partial charge in [0.25, 0.3) is 5.91 Å². The molecule has 1 unspecified atom stereocenters. The lowest BCUT2D eigenvalue weighted by molar-refractivity contribution is 0.0696. The van der Waals surface area contributed by atoms with Crippen molar-refractivity contribution < 1.29 is 14.7 Å². The second kappa shape index (κ2) is 4.70. The topological polar surface area (TPSA) is 79.1 Å². The van der Waals surface area contributed by atoms with Gasteiger partial charge in [-0.25, -0.2) is 4.79 Å². The van der Waals surface area contributed by atoms with Crippen LogP contribution >= 0.6 is 0 Å². The number of benzene rings is 2. The van der Waals surface area contributed by atoms with Gasteiger partial charge in [-0.1, -0.05) is 30.3 Å². The summed E-state index contributed by atoms with van der Waals surface area (Å²) in [6, 6.07) is 13.2. The fraction of sp³-hybridized carbons (Fsp3) is 0.0667. The number of carbonyl (C=O) groups excluding carboxylic acids is 1. The molecule has 2 aromatic rings. The van der Waals surface area contributed by atoms with E-state index in [1.54, 1.807) is 24.3 Å². The van der Waals surface area contributed by atoms with Crippen LogP contribution in [0.3, 0.4) is 0 Å². The van der Waals surface area contributed by atoms with E-state index in [-0.39, 0.29) is 17.5 Å². The van der Waals surface area contributed by atoms with Crippen LogP contribution in [-0.2, 0) is 0 Å². The molecular formula is C15H10N2O3. The molecule has 0 radical (unpaired) electrons. The molecule has 0 bridgehead atoms. The van der Waals surface area contributed by atoms with Gasteiger partial charge in [-0.15, -0.1) is 5.11 Å². The molecule has 0 aromatic heterocycles. The number of carboxylic acid groups (broad SMARTS) is 1. The summed E-state index contributed by atoms with van der Waals surface area (Å²) in [5.41, 5.74) is 2.34. The van der Waals surface area contributed by atoms with Crippen LogP contribution in [0.5, 0.6) is 0 Å². The maximum atomic E-state index is 11.7. The highest BCUT2D eigenvalue weighted by molar-refractivity contribution is 5.97. The summed E-state index contributed by atoms with van der Waals surface area (Å²) in [7, 11) is 0. The second-order valence-electron chi connectivity index (χ2n) is 4.44. The highest BCUT2D eigenvalue weighted by Gasteiger charge is 2.24. The van der Waals surface area contributed by atoms with Gasteiger partial charge >= 0.3 is 5.97 Å². The van der Waals surface area contributed by atoms with E-state index in [1.807, 2.05) is 12.1 Å². The number of carboxylic acids is 1. The first-order valence-corrected chi connectivity index (χ1v) is 6.04. The van der Waals surface area contributed by atoms with Crippen LogP contribution < -0.4 is 0 Å². The number of azo groups is 1. The number of fused-ring (bicyclic) bond motifs is 1. The molecule has 2 aromatic carbocycles. The molecule has 98 valence electrons.